The lowest BCUT2D eigenvalue weighted by molar-refractivity contribution is -0.131. The van der Waals surface area contributed by atoms with E-state index in [9.17, 15) is 4.79 Å². The summed E-state index contributed by atoms with van der Waals surface area (Å²) in [6, 6.07) is 0. The van der Waals surface area contributed by atoms with Gasteiger partial charge in [0.05, 0.1) is 6.10 Å². The Morgan fingerprint density at radius 3 is 2.80 bits per heavy atom. The van der Waals surface area contributed by atoms with Gasteiger partial charge in [0, 0.05) is 45.8 Å². The topological polar surface area (TPSA) is 53.0 Å². The SMILES string of the molecule is O=C(CCCCO)N1CCCN(CC2CCCO2)CC1. The van der Waals surface area contributed by atoms with E-state index in [2.05, 4.69) is 4.90 Å². The van der Waals surface area contributed by atoms with Gasteiger partial charge in [-0.2, -0.15) is 0 Å². The minimum atomic E-state index is 0.183. The number of amides is 1. The zero-order valence-electron chi connectivity index (χ0n) is 12.4. The Bertz CT molecular complexity index is 293. The van der Waals surface area contributed by atoms with Crippen LogP contribution in [0.4, 0.5) is 0 Å². The van der Waals surface area contributed by atoms with Crippen LogP contribution in [-0.2, 0) is 9.53 Å². The quantitative estimate of drug-likeness (QED) is 0.735. The molecular formula is C15H28N2O3. The molecule has 2 saturated heterocycles. The Hall–Kier alpha value is -0.650. The molecule has 5 heteroatoms. The predicted octanol–water partition coefficient (Wildman–Crippen LogP) is 0.862. The molecule has 1 amide bonds. The number of carbonyl (C=O) groups is 1. The number of nitrogens with zero attached hydrogens (tertiary/aromatic N) is 2. The Balaban J connectivity index is 1.69. The van der Waals surface area contributed by atoms with Gasteiger partial charge in [-0.1, -0.05) is 0 Å². The number of aliphatic hydroxyl groups is 1. The minimum absolute atomic E-state index is 0.183. The van der Waals surface area contributed by atoms with Crippen molar-refractivity contribution >= 4 is 5.91 Å². The monoisotopic (exact) mass is 284 g/mol. The van der Waals surface area contributed by atoms with Crippen LogP contribution >= 0.6 is 0 Å². The van der Waals surface area contributed by atoms with Gasteiger partial charge in [0.2, 0.25) is 5.91 Å². The molecule has 0 aromatic rings. The van der Waals surface area contributed by atoms with Gasteiger partial charge in [0.1, 0.15) is 0 Å². The molecule has 2 heterocycles. The van der Waals surface area contributed by atoms with Crippen molar-refractivity contribution in [3.8, 4) is 0 Å². The van der Waals surface area contributed by atoms with Crippen molar-refractivity contribution in [2.45, 2.75) is 44.6 Å². The van der Waals surface area contributed by atoms with E-state index in [1.807, 2.05) is 4.90 Å². The van der Waals surface area contributed by atoms with E-state index in [4.69, 9.17) is 9.84 Å². The second-order valence-corrected chi connectivity index (χ2v) is 5.85. The summed E-state index contributed by atoms with van der Waals surface area (Å²) in [6.07, 6.45) is 5.93. The molecule has 0 aromatic heterocycles. The molecule has 116 valence electrons. The maximum absolute atomic E-state index is 12.1. The lowest BCUT2D eigenvalue weighted by Crippen LogP contribution is -2.37. The summed E-state index contributed by atoms with van der Waals surface area (Å²) in [4.78, 5) is 16.5. The Labute approximate surface area is 121 Å². The predicted molar refractivity (Wildman–Crippen MR) is 77.5 cm³/mol. The molecule has 0 spiro atoms. The molecule has 1 unspecified atom stereocenters. The fraction of sp³-hybridized carbons (Fsp3) is 0.933. The molecule has 0 aliphatic carbocycles. The minimum Gasteiger partial charge on any atom is -0.396 e. The van der Waals surface area contributed by atoms with E-state index in [0.29, 0.717) is 12.5 Å². The fourth-order valence-electron chi connectivity index (χ4n) is 3.03. The highest BCUT2D eigenvalue weighted by Crippen LogP contribution is 2.15. The lowest BCUT2D eigenvalue weighted by atomic mass is 10.2. The van der Waals surface area contributed by atoms with E-state index in [0.717, 1.165) is 58.6 Å². The average molecular weight is 284 g/mol. The molecule has 0 aromatic carbocycles. The van der Waals surface area contributed by atoms with Crippen molar-refractivity contribution in [1.82, 2.24) is 9.80 Å². The Morgan fingerprint density at radius 2 is 2.05 bits per heavy atom. The number of unbranched alkanes of at least 4 members (excludes halogenated alkanes) is 1. The van der Waals surface area contributed by atoms with Gasteiger partial charge in [-0.05, 0) is 38.6 Å². The van der Waals surface area contributed by atoms with Crippen molar-refractivity contribution in [2.75, 3.05) is 45.9 Å². The third-order valence-corrected chi connectivity index (χ3v) is 4.23. The van der Waals surface area contributed by atoms with Crippen LogP contribution in [0.15, 0.2) is 0 Å². The van der Waals surface area contributed by atoms with Gasteiger partial charge < -0.3 is 14.7 Å². The van der Waals surface area contributed by atoms with Gasteiger partial charge >= 0.3 is 0 Å². The van der Waals surface area contributed by atoms with Crippen LogP contribution in [-0.4, -0.2) is 72.9 Å². The van der Waals surface area contributed by atoms with Crippen LogP contribution in [0.3, 0.4) is 0 Å². The zero-order chi connectivity index (χ0) is 14.2. The third kappa shape index (κ3) is 5.04. The van der Waals surface area contributed by atoms with Gasteiger partial charge in [-0.15, -0.1) is 0 Å². The van der Waals surface area contributed by atoms with Crippen LogP contribution in [0, 0.1) is 0 Å². The normalized spacial score (nSPS) is 24.9. The van der Waals surface area contributed by atoms with Crippen molar-refractivity contribution in [3.05, 3.63) is 0 Å². The summed E-state index contributed by atoms with van der Waals surface area (Å²) in [5, 5.41) is 8.76. The molecule has 20 heavy (non-hydrogen) atoms. The number of aliphatic hydroxyl groups excluding tert-OH is 1. The van der Waals surface area contributed by atoms with E-state index < -0.39 is 0 Å². The van der Waals surface area contributed by atoms with Crippen LogP contribution in [0.2, 0.25) is 0 Å². The lowest BCUT2D eigenvalue weighted by Gasteiger charge is -2.24. The first-order chi connectivity index (χ1) is 9.79. The van der Waals surface area contributed by atoms with E-state index in [1.54, 1.807) is 0 Å². The number of hydrogen-bond acceptors (Lipinski definition) is 4. The molecular weight excluding hydrogens is 256 g/mol. The van der Waals surface area contributed by atoms with Gasteiger partial charge in [-0.25, -0.2) is 0 Å². The van der Waals surface area contributed by atoms with Crippen molar-refractivity contribution in [3.63, 3.8) is 0 Å². The molecule has 2 fully saturated rings. The summed E-state index contributed by atoms with van der Waals surface area (Å²) in [5.41, 5.74) is 0. The molecule has 1 N–H and O–H groups in total. The first-order valence-corrected chi connectivity index (χ1v) is 8.02. The van der Waals surface area contributed by atoms with Crippen LogP contribution in [0.1, 0.15) is 38.5 Å². The van der Waals surface area contributed by atoms with Gasteiger partial charge in [0.15, 0.2) is 0 Å². The molecule has 5 nitrogen and oxygen atoms in total. The summed E-state index contributed by atoms with van der Waals surface area (Å²) < 4.78 is 5.69. The van der Waals surface area contributed by atoms with Crippen LogP contribution in [0.5, 0.6) is 0 Å². The standard InChI is InChI=1S/C15H28N2O3/c18-11-2-1-6-15(19)17-8-4-7-16(9-10-17)13-14-5-3-12-20-14/h14,18H,1-13H2. The molecule has 1 atom stereocenters. The van der Waals surface area contributed by atoms with E-state index in [-0.39, 0.29) is 12.5 Å². The third-order valence-electron chi connectivity index (χ3n) is 4.23. The maximum atomic E-state index is 12.1. The fourth-order valence-corrected chi connectivity index (χ4v) is 3.03. The second-order valence-electron chi connectivity index (χ2n) is 5.85. The summed E-state index contributed by atoms with van der Waals surface area (Å²) in [6.45, 7) is 5.86. The van der Waals surface area contributed by atoms with Gasteiger partial charge in [0.25, 0.3) is 0 Å². The number of carbonyl (C=O) groups excluding carboxylic acids is 1. The number of hydrogen-bond donors (Lipinski definition) is 1. The van der Waals surface area contributed by atoms with Crippen LogP contribution in [0.25, 0.3) is 0 Å². The highest BCUT2D eigenvalue weighted by atomic mass is 16.5. The van der Waals surface area contributed by atoms with Crippen molar-refractivity contribution in [2.24, 2.45) is 0 Å². The second kappa shape index (κ2) is 8.60. The largest absolute Gasteiger partial charge is 0.396 e. The maximum Gasteiger partial charge on any atom is 0.222 e. The summed E-state index contributed by atoms with van der Waals surface area (Å²) in [5.74, 6) is 0.248. The summed E-state index contributed by atoms with van der Waals surface area (Å²) >= 11 is 0. The Morgan fingerprint density at radius 1 is 1.15 bits per heavy atom. The van der Waals surface area contributed by atoms with Crippen molar-refractivity contribution in [1.29, 1.82) is 0 Å². The first-order valence-electron chi connectivity index (χ1n) is 8.02. The highest BCUT2D eigenvalue weighted by Gasteiger charge is 2.22. The molecule has 2 rings (SSSR count). The molecule has 2 aliphatic rings. The Kier molecular flexibility index (Phi) is 6.76. The van der Waals surface area contributed by atoms with E-state index >= 15 is 0 Å². The average Bonchev–Trinajstić information content (AvgIpc) is 2.84. The molecule has 0 bridgehead atoms. The summed E-state index contributed by atoms with van der Waals surface area (Å²) in [7, 11) is 0. The molecule has 0 saturated carbocycles. The highest BCUT2D eigenvalue weighted by molar-refractivity contribution is 5.76. The van der Waals surface area contributed by atoms with E-state index in [1.165, 1.54) is 12.8 Å². The zero-order valence-corrected chi connectivity index (χ0v) is 12.4. The van der Waals surface area contributed by atoms with Gasteiger partial charge in [-0.3, -0.25) is 9.69 Å². The first kappa shape index (κ1) is 15.7. The molecule has 0 radical (unpaired) electrons. The number of rotatable bonds is 6. The smallest absolute Gasteiger partial charge is 0.222 e. The molecule has 2 aliphatic heterocycles. The van der Waals surface area contributed by atoms with Crippen LogP contribution < -0.4 is 0 Å². The number of ether oxygens (including phenoxy) is 1. The van der Waals surface area contributed by atoms with Crippen molar-refractivity contribution < 1.29 is 14.6 Å².